The van der Waals surface area contributed by atoms with Gasteiger partial charge in [-0.1, -0.05) is 0 Å². The predicted molar refractivity (Wildman–Crippen MR) is 44.8 cm³/mol. The number of nitrogens with two attached hydrogens (primary N) is 1. The summed E-state index contributed by atoms with van der Waals surface area (Å²) in [6.45, 7) is 2.19. The van der Waals surface area contributed by atoms with Gasteiger partial charge in [-0.3, -0.25) is 4.79 Å². The minimum absolute atomic E-state index is 0.0937. The fourth-order valence-electron chi connectivity index (χ4n) is 0.711. The van der Waals surface area contributed by atoms with Crippen molar-refractivity contribution in [2.24, 2.45) is 5.73 Å². The zero-order valence-electron chi connectivity index (χ0n) is 7.16. The number of aliphatic hydroxyl groups is 1. The molecule has 5 heteroatoms. The van der Waals surface area contributed by atoms with Gasteiger partial charge in [0.2, 0.25) is 0 Å². The van der Waals surface area contributed by atoms with E-state index in [-0.39, 0.29) is 19.2 Å². The number of hydrogen-bond acceptors (Lipinski definition) is 4. The number of aliphatic hydroxyl groups excluding tert-OH is 1. The zero-order valence-corrected chi connectivity index (χ0v) is 7.16. The molecule has 0 aliphatic rings. The van der Waals surface area contributed by atoms with Crippen LogP contribution in [0.3, 0.4) is 0 Å². The normalized spacial score (nSPS) is 15.6. The number of aliphatic carboxylic acids is 1. The average Bonchev–Trinajstić information content (AvgIpc) is 2.00. The highest BCUT2D eigenvalue weighted by Gasteiger charge is 2.11. The molecule has 0 rings (SSSR count). The molecule has 0 fully saturated rings. The maximum Gasteiger partial charge on any atom is 0.321 e. The molecule has 0 aliphatic heterocycles. The van der Waals surface area contributed by atoms with E-state index in [0.717, 1.165) is 0 Å². The van der Waals surface area contributed by atoms with Crippen LogP contribution in [0.2, 0.25) is 0 Å². The van der Waals surface area contributed by atoms with Gasteiger partial charge in [0.05, 0.1) is 0 Å². The Balaban J connectivity index is 3.46. The molecule has 0 heterocycles. The summed E-state index contributed by atoms with van der Waals surface area (Å²) in [5, 5.41) is 19.8. The van der Waals surface area contributed by atoms with Gasteiger partial charge in [0.1, 0.15) is 6.04 Å². The Morgan fingerprint density at radius 1 is 1.67 bits per heavy atom. The van der Waals surface area contributed by atoms with Crippen molar-refractivity contribution >= 4 is 5.97 Å². The van der Waals surface area contributed by atoms with E-state index in [1.165, 1.54) is 0 Å². The number of rotatable bonds is 6. The molecule has 0 amide bonds. The third kappa shape index (κ3) is 5.06. The molecule has 0 radical (unpaired) electrons. The van der Waals surface area contributed by atoms with E-state index < -0.39 is 12.0 Å². The first-order valence-electron chi connectivity index (χ1n) is 3.90. The summed E-state index contributed by atoms with van der Waals surface area (Å²) in [6.07, 6.45) is 0.604. The Kier molecular flexibility index (Phi) is 5.61. The van der Waals surface area contributed by atoms with Crippen LogP contribution in [0.1, 0.15) is 13.3 Å². The number of nitrogens with one attached hydrogen (secondary N) is 1. The number of hydrogen-bond donors (Lipinski definition) is 4. The van der Waals surface area contributed by atoms with Crippen molar-refractivity contribution < 1.29 is 15.0 Å². The lowest BCUT2D eigenvalue weighted by Gasteiger charge is -2.13. The molecule has 2 atom stereocenters. The summed E-state index contributed by atoms with van der Waals surface area (Å²) in [5.41, 5.74) is 5.24. The second-order valence-electron chi connectivity index (χ2n) is 2.77. The summed E-state index contributed by atoms with van der Waals surface area (Å²) < 4.78 is 0. The van der Waals surface area contributed by atoms with Gasteiger partial charge in [-0.25, -0.2) is 0 Å². The van der Waals surface area contributed by atoms with Crippen molar-refractivity contribution in [3.8, 4) is 0 Å². The predicted octanol–water partition coefficient (Wildman–Crippen LogP) is -1.24. The van der Waals surface area contributed by atoms with Crippen LogP contribution in [0, 0.1) is 0 Å². The van der Waals surface area contributed by atoms with Gasteiger partial charge in [0, 0.05) is 19.2 Å². The quantitative estimate of drug-likeness (QED) is 0.406. The van der Waals surface area contributed by atoms with Crippen LogP contribution in [-0.4, -0.2) is 41.4 Å². The molecular weight excluding hydrogens is 160 g/mol. The Hall–Kier alpha value is -0.650. The van der Waals surface area contributed by atoms with Gasteiger partial charge in [-0.15, -0.1) is 0 Å². The van der Waals surface area contributed by atoms with Crippen molar-refractivity contribution in [3.63, 3.8) is 0 Å². The Labute approximate surface area is 71.6 Å². The molecule has 5 nitrogen and oxygen atoms in total. The molecule has 12 heavy (non-hydrogen) atoms. The summed E-state index contributed by atoms with van der Waals surface area (Å²) >= 11 is 0. The molecule has 5 N–H and O–H groups in total. The van der Waals surface area contributed by atoms with Crippen LogP contribution in [0.15, 0.2) is 0 Å². The van der Waals surface area contributed by atoms with Crippen LogP contribution in [0.25, 0.3) is 0 Å². The average molecular weight is 176 g/mol. The first kappa shape index (κ1) is 11.4. The molecule has 0 bridgehead atoms. The standard InChI is InChI=1S/C7H16N2O3/c1-5(2-3-10)9-4-6(8)7(11)12/h5-6,9-10H,2-4,8H2,1H3,(H,11,12). The second kappa shape index (κ2) is 5.93. The Morgan fingerprint density at radius 3 is 2.67 bits per heavy atom. The maximum absolute atomic E-state index is 10.3. The van der Waals surface area contributed by atoms with Crippen LogP contribution < -0.4 is 11.1 Å². The number of carbonyl (C=O) groups is 1. The van der Waals surface area contributed by atoms with Gasteiger partial charge in [0.25, 0.3) is 0 Å². The summed E-state index contributed by atoms with van der Waals surface area (Å²) in [4.78, 5) is 10.3. The van der Waals surface area contributed by atoms with E-state index in [9.17, 15) is 4.79 Å². The number of carboxylic acid groups (broad SMARTS) is 1. The van der Waals surface area contributed by atoms with E-state index >= 15 is 0 Å². The lowest BCUT2D eigenvalue weighted by molar-refractivity contribution is -0.138. The minimum atomic E-state index is -1.02. The van der Waals surface area contributed by atoms with Gasteiger partial charge in [-0.05, 0) is 13.3 Å². The van der Waals surface area contributed by atoms with Crippen LogP contribution >= 0.6 is 0 Å². The highest BCUT2D eigenvalue weighted by atomic mass is 16.4. The Morgan fingerprint density at radius 2 is 2.25 bits per heavy atom. The molecule has 0 saturated heterocycles. The largest absolute Gasteiger partial charge is 0.480 e. The summed E-state index contributed by atoms with van der Waals surface area (Å²) in [5.74, 6) is -1.02. The van der Waals surface area contributed by atoms with E-state index in [1.807, 2.05) is 6.92 Å². The summed E-state index contributed by atoms with van der Waals surface area (Å²) in [6, 6.07) is -0.772. The van der Waals surface area contributed by atoms with Gasteiger partial charge in [0.15, 0.2) is 0 Å². The van der Waals surface area contributed by atoms with Crippen molar-refractivity contribution in [3.05, 3.63) is 0 Å². The Bertz CT molecular complexity index is 141. The third-order valence-electron chi connectivity index (χ3n) is 1.57. The molecule has 0 aromatic carbocycles. The van der Waals surface area contributed by atoms with E-state index in [0.29, 0.717) is 6.42 Å². The zero-order chi connectivity index (χ0) is 9.56. The van der Waals surface area contributed by atoms with Crippen molar-refractivity contribution in [2.45, 2.75) is 25.4 Å². The van der Waals surface area contributed by atoms with Crippen molar-refractivity contribution in [2.75, 3.05) is 13.2 Å². The highest BCUT2D eigenvalue weighted by Crippen LogP contribution is 1.88. The van der Waals surface area contributed by atoms with E-state index in [1.54, 1.807) is 0 Å². The fraction of sp³-hybridized carbons (Fsp3) is 0.857. The number of carboxylic acids is 1. The van der Waals surface area contributed by atoms with Crippen LogP contribution in [0.4, 0.5) is 0 Å². The van der Waals surface area contributed by atoms with Gasteiger partial charge in [-0.2, -0.15) is 0 Å². The smallest absolute Gasteiger partial charge is 0.321 e. The summed E-state index contributed by atoms with van der Waals surface area (Å²) in [7, 11) is 0. The van der Waals surface area contributed by atoms with Gasteiger partial charge < -0.3 is 21.3 Å². The van der Waals surface area contributed by atoms with Gasteiger partial charge >= 0.3 is 5.97 Å². The molecule has 0 aliphatic carbocycles. The highest BCUT2D eigenvalue weighted by molar-refractivity contribution is 5.73. The second-order valence-corrected chi connectivity index (χ2v) is 2.77. The minimum Gasteiger partial charge on any atom is -0.480 e. The first-order valence-corrected chi connectivity index (χ1v) is 3.90. The first-order chi connectivity index (χ1) is 5.57. The molecule has 0 saturated carbocycles. The van der Waals surface area contributed by atoms with E-state index in [2.05, 4.69) is 5.32 Å². The monoisotopic (exact) mass is 176 g/mol. The molecule has 2 unspecified atom stereocenters. The SMILES string of the molecule is CC(CCO)NCC(N)C(=O)O. The molecule has 0 aromatic rings. The topological polar surface area (TPSA) is 95.6 Å². The lowest BCUT2D eigenvalue weighted by atomic mass is 10.2. The molecule has 0 spiro atoms. The van der Waals surface area contributed by atoms with E-state index in [4.69, 9.17) is 15.9 Å². The van der Waals surface area contributed by atoms with Crippen molar-refractivity contribution in [1.29, 1.82) is 0 Å². The molecular formula is C7H16N2O3. The maximum atomic E-state index is 10.3. The third-order valence-corrected chi connectivity index (χ3v) is 1.57. The van der Waals surface area contributed by atoms with Crippen LogP contribution in [-0.2, 0) is 4.79 Å². The van der Waals surface area contributed by atoms with Crippen LogP contribution in [0.5, 0.6) is 0 Å². The lowest BCUT2D eigenvalue weighted by Crippen LogP contribution is -2.43. The van der Waals surface area contributed by atoms with Crippen molar-refractivity contribution in [1.82, 2.24) is 5.32 Å². The molecule has 0 aromatic heterocycles. The molecule has 72 valence electrons. The fourth-order valence-corrected chi connectivity index (χ4v) is 0.711.